The maximum Gasteiger partial charge on any atom is 0.225 e. The van der Waals surface area contributed by atoms with Crippen LogP contribution in [0.2, 0.25) is 0 Å². The van der Waals surface area contributed by atoms with Crippen LogP contribution in [-0.2, 0) is 10.5 Å². The van der Waals surface area contributed by atoms with Crippen LogP contribution in [0.25, 0.3) is 0 Å². The number of amidine groups is 1. The number of aliphatic hydroxyl groups is 1. The molecule has 1 aromatic carbocycles. The van der Waals surface area contributed by atoms with Crippen LogP contribution in [0.15, 0.2) is 23.2 Å². The van der Waals surface area contributed by atoms with Crippen molar-refractivity contribution < 1.29 is 9.90 Å². The molecule has 2 unspecified atom stereocenters. The molecule has 0 bridgehead atoms. The number of anilines is 1. The van der Waals surface area contributed by atoms with Gasteiger partial charge >= 0.3 is 0 Å². The van der Waals surface area contributed by atoms with Gasteiger partial charge in [-0.15, -0.1) is 0 Å². The molecule has 5 nitrogen and oxygen atoms in total. The van der Waals surface area contributed by atoms with Crippen molar-refractivity contribution in [1.82, 2.24) is 0 Å². The molecule has 6 heteroatoms. The van der Waals surface area contributed by atoms with Gasteiger partial charge in [0.1, 0.15) is 5.37 Å². The van der Waals surface area contributed by atoms with Crippen LogP contribution in [-0.4, -0.2) is 21.6 Å². The molecule has 94 valence electrons. The summed E-state index contributed by atoms with van der Waals surface area (Å²) in [5, 5.41) is 10.5. The summed E-state index contributed by atoms with van der Waals surface area (Å²) in [4.78, 5) is 17.5. The summed E-state index contributed by atoms with van der Waals surface area (Å²) in [6, 6.07) is 5.61. The van der Waals surface area contributed by atoms with Gasteiger partial charge in [-0.25, -0.2) is 4.99 Å². The second kappa shape index (κ2) is 3.49. The molecule has 18 heavy (non-hydrogen) atoms. The van der Waals surface area contributed by atoms with E-state index >= 15 is 0 Å². The van der Waals surface area contributed by atoms with Gasteiger partial charge in [-0.05, 0) is 19.1 Å². The number of carbonyl (C=O) groups excluding carboxylic acids is 1. The van der Waals surface area contributed by atoms with E-state index in [9.17, 15) is 9.90 Å². The molecule has 1 aromatic rings. The molecule has 0 spiro atoms. The van der Waals surface area contributed by atoms with Crippen LogP contribution in [0, 0.1) is 6.92 Å². The highest BCUT2D eigenvalue weighted by Crippen LogP contribution is 2.52. The molecule has 2 aliphatic heterocycles. The molecule has 2 heterocycles. The number of nitrogens with zero attached hydrogens (tertiary/aromatic N) is 2. The Labute approximate surface area is 109 Å². The van der Waals surface area contributed by atoms with Gasteiger partial charge in [0.05, 0.1) is 5.69 Å². The highest BCUT2D eigenvalue weighted by molar-refractivity contribution is 8.14. The van der Waals surface area contributed by atoms with Crippen molar-refractivity contribution in [1.29, 1.82) is 0 Å². The summed E-state index contributed by atoms with van der Waals surface area (Å²) in [6.07, 6.45) is 0. The third-order valence-electron chi connectivity index (χ3n) is 3.24. The quantitative estimate of drug-likeness (QED) is 0.728. The molecule has 3 N–H and O–H groups in total. The third kappa shape index (κ3) is 1.33. The van der Waals surface area contributed by atoms with Gasteiger partial charge in [0.25, 0.3) is 0 Å². The molecular formula is C12H13N3O2S. The number of fused-ring (bicyclic) bond motifs is 3. The van der Waals surface area contributed by atoms with E-state index in [0.717, 1.165) is 5.56 Å². The average molecular weight is 263 g/mol. The average Bonchev–Trinajstić information content (AvgIpc) is 2.67. The predicted molar refractivity (Wildman–Crippen MR) is 71.2 cm³/mol. The zero-order valence-corrected chi connectivity index (χ0v) is 10.9. The Hall–Kier alpha value is -1.53. The fourth-order valence-electron chi connectivity index (χ4n) is 2.49. The van der Waals surface area contributed by atoms with Crippen molar-refractivity contribution >= 4 is 28.5 Å². The van der Waals surface area contributed by atoms with Crippen molar-refractivity contribution in [2.24, 2.45) is 10.7 Å². The van der Waals surface area contributed by atoms with Crippen molar-refractivity contribution in [3.63, 3.8) is 0 Å². The minimum Gasteiger partial charge on any atom is -0.378 e. The van der Waals surface area contributed by atoms with Gasteiger partial charge in [-0.1, -0.05) is 23.4 Å². The Morgan fingerprint density at radius 1 is 1.61 bits per heavy atom. The summed E-state index contributed by atoms with van der Waals surface area (Å²) >= 11 is 1.22. The minimum atomic E-state index is -1.41. The first-order valence-electron chi connectivity index (χ1n) is 5.59. The second-order valence-electron chi connectivity index (χ2n) is 4.56. The largest absolute Gasteiger partial charge is 0.378 e. The zero-order chi connectivity index (χ0) is 13.1. The van der Waals surface area contributed by atoms with E-state index in [-0.39, 0.29) is 5.91 Å². The van der Waals surface area contributed by atoms with Crippen LogP contribution in [0.4, 0.5) is 5.69 Å². The van der Waals surface area contributed by atoms with E-state index in [1.807, 2.05) is 25.1 Å². The van der Waals surface area contributed by atoms with Crippen LogP contribution in [0.1, 0.15) is 18.1 Å². The Kier molecular flexibility index (Phi) is 2.24. The molecule has 1 amide bonds. The number of aryl methyl sites for hydroxylation is 1. The van der Waals surface area contributed by atoms with Crippen molar-refractivity contribution in [3.8, 4) is 0 Å². The maximum absolute atomic E-state index is 11.8. The van der Waals surface area contributed by atoms with E-state index in [1.165, 1.54) is 18.7 Å². The number of aliphatic imine (C=N–C) groups is 1. The van der Waals surface area contributed by atoms with E-state index in [2.05, 4.69) is 4.99 Å². The lowest BCUT2D eigenvalue weighted by Crippen LogP contribution is -2.41. The summed E-state index contributed by atoms with van der Waals surface area (Å²) < 4.78 is 0. The SMILES string of the molecule is CC(=O)N1c2ccc(C)cc2C2(O)N=C(N)SC12. The third-order valence-corrected chi connectivity index (χ3v) is 4.33. The molecule has 0 fully saturated rings. The van der Waals surface area contributed by atoms with Crippen LogP contribution in [0.3, 0.4) is 0 Å². The summed E-state index contributed by atoms with van der Waals surface area (Å²) in [5.41, 5.74) is 6.64. The van der Waals surface area contributed by atoms with E-state index in [0.29, 0.717) is 16.4 Å². The molecular weight excluding hydrogens is 250 g/mol. The lowest BCUT2D eigenvalue weighted by Gasteiger charge is -2.24. The molecule has 0 aliphatic carbocycles. The van der Waals surface area contributed by atoms with Crippen LogP contribution < -0.4 is 10.6 Å². The first kappa shape index (κ1) is 11.6. The van der Waals surface area contributed by atoms with E-state index in [4.69, 9.17) is 5.73 Å². The lowest BCUT2D eigenvalue weighted by atomic mass is 10.0. The van der Waals surface area contributed by atoms with Crippen LogP contribution >= 0.6 is 11.8 Å². The number of hydrogen-bond acceptors (Lipinski definition) is 5. The fourth-order valence-corrected chi connectivity index (χ4v) is 3.62. The van der Waals surface area contributed by atoms with Crippen molar-refractivity contribution in [2.75, 3.05) is 4.90 Å². The number of nitrogens with two attached hydrogens (primary N) is 1. The van der Waals surface area contributed by atoms with Crippen LogP contribution in [0.5, 0.6) is 0 Å². The summed E-state index contributed by atoms with van der Waals surface area (Å²) in [5.74, 6) is -0.126. The molecule has 0 radical (unpaired) electrons. The number of amides is 1. The molecule has 0 saturated heterocycles. The molecule has 2 aliphatic rings. The van der Waals surface area contributed by atoms with Gasteiger partial charge < -0.3 is 10.8 Å². The fraction of sp³-hybridized carbons (Fsp3) is 0.333. The Morgan fingerprint density at radius 3 is 3.00 bits per heavy atom. The van der Waals surface area contributed by atoms with Gasteiger partial charge in [-0.2, -0.15) is 0 Å². The van der Waals surface area contributed by atoms with E-state index in [1.54, 1.807) is 4.90 Å². The Balaban J connectivity index is 2.25. The van der Waals surface area contributed by atoms with Crippen molar-refractivity contribution in [2.45, 2.75) is 24.9 Å². The first-order valence-corrected chi connectivity index (χ1v) is 6.47. The predicted octanol–water partition coefficient (Wildman–Crippen LogP) is 0.894. The highest BCUT2D eigenvalue weighted by atomic mass is 32.2. The minimum absolute atomic E-state index is 0.126. The van der Waals surface area contributed by atoms with E-state index < -0.39 is 11.1 Å². The molecule has 0 aromatic heterocycles. The number of benzene rings is 1. The first-order chi connectivity index (χ1) is 8.43. The summed E-state index contributed by atoms with van der Waals surface area (Å²) in [6.45, 7) is 3.41. The number of rotatable bonds is 0. The topological polar surface area (TPSA) is 78.9 Å². The van der Waals surface area contributed by atoms with Crippen molar-refractivity contribution in [3.05, 3.63) is 29.3 Å². The van der Waals surface area contributed by atoms with Gasteiger partial charge in [0.15, 0.2) is 5.17 Å². The highest BCUT2D eigenvalue weighted by Gasteiger charge is 2.56. The second-order valence-corrected chi connectivity index (χ2v) is 5.66. The maximum atomic E-state index is 11.8. The monoisotopic (exact) mass is 263 g/mol. The Morgan fingerprint density at radius 2 is 2.33 bits per heavy atom. The van der Waals surface area contributed by atoms with Gasteiger partial charge in [0.2, 0.25) is 11.6 Å². The number of thioether (sulfide) groups is 1. The zero-order valence-electron chi connectivity index (χ0n) is 10.0. The Bertz CT molecular complexity index is 587. The lowest BCUT2D eigenvalue weighted by molar-refractivity contribution is -0.117. The standard InChI is InChI=1S/C12H13N3O2S/c1-6-3-4-9-8(5-6)12(17)10(15(9)7(2)16)18-11(13)14-12/h3-5,10,17H,1-2H3,(H2,13,14). The summed E-state index contributed by atoms with van der Waals surface area (Å²) in [7, 11) is 0. The normalized spacial score (nSPS) is 28.9. The van der Waals surface area contributed by atoms with Gasteiger partial charge in [-0.3, -0.25) is 9.69 Å². The molecule has 3 rings (SSSR count). The number of hydrogen-bond donors (Lipinski definition) is 2. The smallest absolute Gasteiger partial charge is 0.225 e. The molecule has 0 saturated carbocycles. The van der Waals surface area contributed by atoms with Gasteiger partial charge in [0, 0.05) is 12.5 Å². The number of carbonyl (C=O) groups is 1. The molecule has 2 atom stereocenters.